The summed E-state index contributed by atoms with van der Waals surface area (Å²) in [7, 11) is 0. The SMILES string of the molecule is CCCC1(CNCc2ccc(C(=O)O)c(F)c2)CC1. The molecular weight excluding hydrogens is 245 g/mol. The van der Waals surface area contributed by atoms with E-state index in [-0.39, 0.29) is 5.56 Å². The second kappa shape index (κ2) is 5.70. The molecule has 0 saturated heterocycles. The molecule has 1 aliphatic carbocycles. The maximum atomic E-state index is 13.5. The van der Waals surface area contributed by atoms with Crippen molar-refractivity contribution in [1.82, 2.24) is 5.32 Å². The molecule has 0 atom stereocenters. The van der Waals surface area contributed by atoms with Crippen LogP contribution in [0.15, 0.2) is 18.2 Å². The zero-order valence-corrected chi connectivity index (χ0v) is 11.2. The highest BCUT2D eigenvalue weighted by Gasteiger charge is 2.40. The van der Waals surface area contributed by atoms with E-state index in [1.807, 2.05) is 0 Å². The van der Waals surface area contributed by atoms with Crippen LogP contribution in [0.3, 0.4) is 0 Å². The van der Waals surface area contributed by atoms with Gasteiger partial charge in [-0.15, -0.1) is 0 Å². The first-order valence-electron chi connectivity index (χ1n) is 6.79. The first-order chi connectivity index (χ1) is 9.06. The summed E-state index contributed by atoms with van der Waals surface area (Å²) in [6, 6.07) is 4.29. The molecule has 104 valence electrons. The molecule has 0 aromatic heterocycles. The molecule has 4 heteroatoms. The van der Waals surface area contributed by atoms with E-state index < -0.39 is 11.8 Å². The van der Waals surface area contributed by atoms with Crippen LogP contribution in [0.25, 0.3) is 0 Å². The number of aromatic carboxylic acids is 1. The van der Waals surface area contributed by atoms with Gasteiger partial charge in [-0.25, -0.2) is 9.18 Å². The van der Waals surface area contributed by atoms with Crippen molar-refractivity contribution in [2.45, 2.75) is 39.2 Å². The van der Waals surface area contributed by atoms with Crippen molar-refractivity contribution in [2.75, 3.05) is 6.54 Å². The van der Waals surface area contributed by atoms with E-state index in [2.05, 4.69) is 12.2 Å². The van der Waals surface area contributed by atoms with Gasteiger partial charge in [0.05, 0.1) is 5.56 Å². The number of carboxylic acids is 1. The van der Waals surface area contributed by atoms with Crippen molar-refractivity contribution in [3.05, 3.63) is 35.1 Å². The molecule has 0 amide bonds. The Bertz CT molecular complexity index is 469. The lowest BCUT2D eigenvalue weighted by atomic mass is 10.0. The minimum absolute atomic E-state index is 0.270. The summed E-state index contributed by atoms with van der Waals surface area (Å²) >= 11 is 0. The molecule has 1 fully saturated rings. The summed E-state index contributed by atoms with van der Waals surface area (Å²) in [5.41, 5.74) is 0.983. The predicted molar refractivity (Wildman–Crippen MR) is 71.6 cm³/mol. The van der Waals surface area contributed by atoms with Gasteiger partial charge < -0.3 is 10.4 Å². The molecule has 1 aromatic carbocycles. The lowest BCUT2D eigenvalue weighted by Crippen LogP contribution is -2.23. The molecule has 2 N–H and O–H groups in total. The first kappa shape index (κ1) is 14.0. The summed E-state index contributed by atoms with van der Waals surface area (Å²) in [6.45, 7) is 3.74. The van der Waals surface area contributed by atoms with Gasteiger partial charge in [-0.1, -0.05) is 19.4 Å². The van der Waals surface area contributed by atoms with E-state index in [0.717, 1.165) is 12.1 Å². The van der Waals surface area contributed by atoms with Gasteiger partial charge in [0.2, 0.25) is 0 Å². The largest absolute Gasteiger partial charge is 0.478 e. The highest BCUT2D eigenvalue weighted by atomic mass is 19.1. The third-order valence-electron chi connectivity index (χ3n) is 3.83. The van der Waals surface area contributed by atoms with Crippen LogP contribution >= 0.6 is 0 Å². The molecule has 1 aromatic rings. The summed E-state index contributed by atoms with van der Waals surface area (Å²) < 4.78 is 13.5. The molecule has 1 aliphatic rings. The van der Waals surface area contributed by atoms with Crippen molar-refractivity contribution < 1.29 is 14.3 Å². The average molecular weight is 265 g/mol. The van der Waals surface area contributed by atoms with Crippen LogP contribution in [0.2, 0.25) is 0 Å². The number of carbonyl (C=O) groups is 1. The van der Waals surface area contributed by atoms with E-state index >= 15 is 0 Å². The number of nitrogens with one attached hydrogen (secondary N) is 1. The van der Waals surface area contributed by atoms with Crippen LogP contribution in [0.1, 0.15) is 48.5 Å². The Morgan fingerprint density at radius 1 is 1.47 bits per heavy atom. The van der Waals surface area contributed by atoms with Gasteiger partial charge in [0, 0.05) is 13.1 Å². The molecule has 0 spiro atoms. The predicted octanol–water partition coefficient (Wildman–Crippen LogP) is 3.19. The maximum Gasteiger partial charge on any atom is 0.338 e. The third kappa shape index (κ3) is 3.53. The Balaban J connectivity index is 1.87. The number of hydrogen-bond acceptors (Lipinski definition) is 2. The standard InChI is InChI=1S/C15H20FNO2/c1-2-5-15(6-7-15)10-17-9-11-3-4-12(14(18)19)13(16)8-11/h3-4,8,17H,2,5-7,9-10H2,1H3,(H,18,19). The van der Waals surface area contributed by atoms with Gasteiger partial charge in [-0.3, -0.25) is 0 Å². The van der Waals surface area contributed by atoms with Crippen LogP contribution in [0.4, 0.5) is 4.39 Å². The number of benzene rings is 1. The molecular formula is C15H20FNO2. The smallest absolute Gasteiger partial charge is 0.338 e. The minimum Gasteiger partial charge on any atom is -0.478 e. The average Bonchev–Trinajstić information content (AvgIpc) is 3.09. The van der Waals surface area contributed by atoms with E-state index in [1.54, 1.807) is 6.07 Å². The Labute approximate surface area is 112 Å². The first-order valence-corrected chi connectivity index (χ1v) is 6.79. The van der Waals surface area contributed by atoms with Gasteiger partial charge in [-0.2, -0.15) is 0 Å². The number of carboxylic acid groups (broad SMARTS) is 1. The van der Waals surface area contributed by atoms with Crippen LogP contribution in [0, 0.1) is 11.2 Å². The van der Waals surface area contributed by atoms with Gasteiger partial charge >= 0.3 is 5.97 Å². The molecule has 0 aliphatic heterocycles. The molecule has 0 heterocycles. The van der Waals surface area contributed by atoms with Crippen molar-refractivity contribution in [3.8, 4) is 0 Å². The van der Waals surface area contributed by atoms with Crippen molar-refractivity contribution >= 4 is 5.97 Å². The van der Waals surface area contributed by atoms with E-state index in [1.165, 1.54) is 37.8 Å². The summed E-state index contributed by atoms with van der Waals surface area (Å²) in [5.74, 6) is -1.89. The quantitative estimate of drug-likeness (QED) is 0.796. The van der Waals surface area contributed by atoms with Crippen molar-refractivity contribution in [3.63, 3.8) is 0 Å². The number of rotatable bonds is 7. The maximum absolute atomic E-state index is 13.5. The molecule has 0 unspecified atom stereocenters. The summed E-state index contributed by atoms with van der Waals surface area (Å²) in [4.78, 5) is 10.7. The summed E-state index contributed by atoms with van der Waals surface area (Å²) in [5, 5.41) is 12.1. The van der Waals surface area contributed by atoms with Gasteiger partial charge in [0.25, 0.3) is 0 Å². The van der Waals surface area contributed by atoms with Crippen LogP contribution in [0.5, 0.6) is 0 Å². The topological polar surface area (TPSA) is 49.3 Å². The Kier molecular flexibility index (Phi) is 4.20. The molecule has 0 radical (unpaired) electrons. The fraction of sp³-hybridized carbons (Fsp3) is 0.533. The zero-order valence-electron chi connectivity index (χ0n) is 11.2. The third-order valence-corrected chi connectivity index (χ3v) is 3.83. The van der Waals surface area contributed by atoms with E-state index in [9.17, 15) is 9.18 Å². The Morgan fingerprint density at radius 3 is 2.74 bits per heavy atom. The molecule has 19 heavy (non-hydrogen) atoms. The number of hydrogen-bond donors (Lipinski definition) is 2. The van der Waals surface area contributed by atoms with Crippen LogP contribution in [-0.2, 0) is 6.54 Å². The second-order valence-electron chi connectivity index (χ2n) is 5.47. The molecule has 3 nitrogen and oxygen atoms in total. The van der Waals surface area contributed by atoms with Gasteiger partial charge in [0.15, 0.2) is 0 Å². The Morgan fingerprint density at radius 2 is 2.21 bits per heavy atom. The highest BCUT2D eigenvalue weighted by molar-refractivity contribution is 5.87. The fourth-order valence-corrected chi connectivity index (χ4v) is 2.54. The fourth-order valence-electron chi connectivity index (χ4n) is 2.54. The van der Waals surface area contributed by atoms with Crippen molar-refractivity contribution in [2.24, 2.45) is 5.41 Å². The minimum atomic E-state index is -1.23. The number of halogens is 1. The van der Waals surface area contributed by atoms with E-state index in [0.29, 0.717) is 12.0 Å². The lowest BCUT2D eigenvalue weighted by Gasteiger charge is -2.15. The second-order valence-corrected chi connectivity index (χ2v) is 5.47. The molecule has 1 saturated carbocycles. The summed E-state index contributed by atoms with van der Waals surface area (Å²) in [6.07, 6.45) is 5.00. The highest BCUT2D eigenvalue weighted by Crippen LogP contribution is 2.48. The zero-order chi connectivity index (χ0) is 13.9. The Hall–Kier alpha value is -1.42. The van der Waals surface area contributed by atoms with E-state index in [4.69, 9.17) is 5.11 Å². The normalized spacial score (nSPS) is 16.3. The van der Waals surface area contributed by atoms with Gasteiger partial charge in [0.1, 0.15) is 5.82 Å². The lowest BCUT2D eigenvalue weighted by molar-refractivity contribution is 0.0692. The molecule has 0 bridgehead atoms. The molecule has 2 rings (SSSR count). The van der Waals surface area contributed by atoms with Crippen LogP contribution in [-0.4, -0.2) is 17.6 Å². The van der Waals surface area contributed by atoms with Gasteiger partial charge in [-0.05, 0) is 42.4 Å². The van der Waals surface area contributed by atoms with Crippen molar-refractivity contribution in [1.29, 1.82) is 0 Å². The monoisotopic (exact) mass is 265 g/mol. The van der Waals surface area contributed by atoms with Crippen LogP contribution < -0.4 is 5.32 Å².